The highest BCUT2D eigenvalue weighted by Gasteiger charge is 2.24. The maximum atomic E-state index is 11.4. The van der Waals surface area contributed by atoms with Crippen molar-refractivity contribution in [2.24, 2.45) is 0 Å². The molecule has 0 aliphatic carbocycles. The number of benzene rings is 1. The summed E-state index contributed by atoms with van der Waals surface area (Å²) in [7, 11) is 1.34. The summed E-state index contributed by atoms with van der Waals surface area (Å²) in [5.74, 6) is 0.276. The molecule has 0 spiro atoms. The van der Waals surface area contributed by atoms with Crippen LogP contribution in [-0.4, -0.2) is 19.7 Å². The van der Waals surface area contributed by atoms with Gasteiger partial charge in [-0.05, 0) is 22.0 Å². The van der Waals surface area contributed by atoms with Gasteiger partial charge >= 0.3 is 5.97 Å². The smallest absolute Gasteiger partial charge is 0.339 e. The van der Waals surface area contributed by atoms with Crippen LogP contribution in [0, 0.1) is 0 Å². The fourth-order valence-electron chi connectivity index (χ4n) is 1.63. The molecule has 2 rings (SSSR count). The second-order valence-electron chi connectivity index (χ2n) is 3.23. The third-order valence-corrected chi connectivity index (χ3v) is 3.25. The van der Waals surface area contributed by atoms with Gasteiger partial charge in [0.05, 0.1) is 25.0 Å². The van der Waals surface area contributed by atoms with Crippen LogP contribution in [0.1, 0.15) is 15.9 Å². The Morgan fingerprint density at radius 2 is 2.40 bits per heavy atom. The Kier molecular flexibility index (Phi) is 2.56. The van der Waals surface area contributed by atoms with Crippen molar-refractivity contribution in [3.63, 3.8) is 0 Å². The first-order valence-electron chi connectivity index (χ1n) is 4.47. The molecular formula is C10H10BrNO3. The molecule has 0 aromatic heterocycles. The summed E-state index contributed by atoms with van der Waals surface area (Å²) < 4.78 is 10.8. The Morgan fingerprint density at radius 3 is 3.07 bits per heavy atom. The molecule has 80 valence electrons. The first-order valence-corrected chi connectivity index (χ1v) is 5.26. The highest BCUT2D eigenvalue weighted by atomic mass is 79.9. The molecule has 1 aliphatic heterocycles. The van der Waals surface area contributed by atoms with Crippen molar-refractivity contribution in [3.8, 4) is 5.75 Å². The summed E-state index contributed by atoms with van der Waals surface area (Å²) in [6.07, 6.45) is 0.755. The predicted octanol–water partition coefficient (Wildman–Crippen LogP) is 1.75. The number of esters is 1. The van der Waals surface area contributed by atoms with Gasteiger partial charge in [-0.25, -0.2) is 4.79 Å². The van der Waals surface area contributed by atoms with Gasteiger partial charge in [-0.2, -0.15) is 0 Å². The number of carbonyl (C=O) groups is 1. The summed E-state index contributed by atoms with van der Waals surface area (Å²) in [6, 6.07) is 1.57. The van der Waals surface area contributed by atoms with Crippen LogP contribution < -0.4 is 10.5 Å². The van der Waals surface area contributed by atoms with Crippen molar-refractivity contribution in [2.75, 3.05) is 19.5 Å². The zero-order valence-electron chi connectivity index (χ0n) is 8.17. The van der Waals surface area contributed by atoms with E-state index in [0.29, 0.717) is 23.6 Å². The summed E-state index contributed by atoms with van der Waals surface area (Å²) in [5.41, 5.74) is 7.64. The average Bonchev–Trinajstić information content (AvgIpc) is 2.71. The number of nitrogens with two attached hydrogens (primary N) is 1. The highest BCUT2D eigenvalue weighted by Crippen LogP contribution is 2.39. The predicted molar refractivity (Wildman–Crippen MR) is 59.1 cm³/mol. The Morgan fingerprint density at radius 1 is 1.67 bits per heavy atom. The number of hydrogen-bond acceptors (Lipinski definition) is 4. The Balaban J connectivity index is 2.59. The van der Waals surface area contributed by atoms with E-state index in [0.717, 1.165) is 16.5 Å². The Bertz CT molecular complexity index is 431. The van der Waals surface area contributed by atoms with Crippen molar-refractivity contribution in [2.45, 2.75) is 6.42 Å². The zero-order chi connectivity index (χ0) is 11.0. The lowest BCUT2D eigenvalue weighted by Gasteiger charge is -2.09. The van der Waals surface area contributed by atoms with Crippen molar-refractivity contribution in [1.82, 2.24) is 0 Å². The van der Waals surface area contributed by atoms with E-state index < -0.39 is 5.97 Å². The van der Waals surface area contributed by atoms with Crippen molar-refractivity contribution in [3.05, 3.63) is 21.7 Å². The van der Waals surface area contributed by atoms with Crippen molar-refractivity contribution in [1.29, 1.82) is 0 Å². The topological polar surface area (TPSA) is 61.5 Å². The van der Waals surface area contributed by atoms with E-state index in [4.69, 9.17) is 10.5 Å². The zero-order valence-corrected chi connectivity index (χ0v) is 9.76. The Hall–Kier alpha value is -1.23. The van der Waals surface area contributed by atoms with E-state index in [9.17, 15) is 4.79 Å². The second-order valence-corrected chi connectivity index (χ2v) is 4.02. The molecule has 1 aromatic carbocycles. The number of nitrogen functional groups attached to an aromatic ring is 1. The van der Waals surface area contributed by atoms with Crippen LogP contribution in [0.25, 0.3) is 0 Å². The summed E-state index contributed by atoms with van der Waals surface area (Å²) in [4.78, 5) is 11.4. The molecule has 0 bridgehead atoms. The van der Waals surface area contributed by atoms with Gasteiger partial charge in [0.25, 0.3) is 0 Å². The maximum absolute atomic E-state index is 11.4. The lowest BCUT2D eigenvalue weighted by atomic mass is 10.1. The van der Waals surface area contributed by atoms with Crippen molar-refractivity contribution >= 4 is 27.6 Å². The Labute approximate surface area is 95.5 Å². The highest BCUT2D eigenvalue weighted by molar-refractivity contribution is 9.10. The molecule has 0 saturated carbocycles. The second kappa shape index (κ2) is 3.73. The van der Waals surface area contributed by atoms with Crippen LogP contribution >= 0.6 is 15.9 Å². The van der Waals surface area contributed by atoms with E-state index in [2.05, 4.69) is 20.7 Å². The quantitative estimate of drug-likeness (QED) is 0.625. The molecule has 15 heavy (non-hydrogen) atoms. The van der Waals surface area contributed by atoms with E-state index in [1.807, 2.05) is 0 Å². The number of rotatable bonds is 1. The average molecular weight is 272 g/mol. The SMILES string of the molecule is COC(=O)c1cc(N)c2c(c1Br)CCO2. The number of anilines is 1. The van der Waals surface area contributed by atoms with E-state index >= 15 is 0 Å². The van der Waals surface area contributed by atoms with Gasteiger partial charge < -0.3 is 15.2 Å². The standard InChI is InChI=1S/C10H10BrNO3/c1-14-10(13)6-4-7(12)9-5(8(6)11)2-3-15-9/h4H,2-3,12H2,1H3. The van der Waals surface area contributed by atoms with Gasteiger partial charge in [0.1, 0.15) is 5.75 Å². The first kappa shape index (κ1) is 10.3. The molecule has 1 aromatic rings. The first-order chi connectivity index (χ1) is 7.15. The molecule has 1 heterocycles. The van der Waals surface area contributed by atoms with Gasteiger partial charge in [0, 0.05) is 16.5 Å². The molecular weight excluding hydrogens is 262 g/mol. The van der Waals surface area contributed by atoms with Gasteiger partial charge in [-0.3, -0.25) is 0 Å². The van der Waals surface area contributed by atoms with Crippen LogP contribution in [0.3, 0.4) is 0 Å². The number of hydrogen-bond donors (Lipinski definition) is 1. The molecule has 2 N–H and O–H groups in total. The third-order valence-electron chi connectivity index (χ3n) is 2.34. The lowest BCUT2D eigenvalue weighted by Crippen LogP contribution is -2.05. The maximum Gasteiger partial charge on any atom is 0.339 e. The van der Waals surface area contributed by atoms with Crippen molar-refractivity contribution < 1.29 is 14.3 Å². The fraction of sp³-hybridized carbons (Fsp3) is 0.300. The van der Waals surface area contributed by atoms with Crippen LogP contribution in [-0.2, 0) is 11.2 Å². The van der Waals surface area contributed by atoms with Crippen LogP contribution in [0.4, 0.5) is 5.69 Å². The number of ether oxygens (including phenoxy) is 2. The van der Waals surface area contributed by atoms with Crippen LogP contribution in [0.5, 0.6) is 5.75 Å². The molecule has 5 heteroatoms. The number of methoxy groups -OCH3 is 1. The fourth-order valence-corrected chi connectivity index (χ4v) is 2.28. The van der Waals surface area contributed by atoms with Gasteiger partial charge in [-0.1, -0.05) is 0 Å². The molecule has 0 atom stereocenters. The minimum absolute atomic E-state index is 0.400. The monoisotopic (exact) mass is 271 g/mol. The largest absolute Gasteiger partial charge is 0.491 e. The summed E-state index contributed by atoms with van der Waals surface area (Å²) >= 11 is 3.37. The molecule has 4 nitrogen and oxygen atoms in total. The molecule has 1 aliphatic rings. The van der Waals surface area contributed by atoms with E-state index in [1.165, 1.54) is 7.11 Å². The molecule has 0 amide bonds. The number of halogens is 1. The van der Waals surface area contributed by atoms with E-state index in [-0.39, 0.29) is 0 Å². The number of carbonyl (C=O) groups excluding carboxylic acids is 1. The van der Waals surface area contributed by atoms with E-state index in [1.54, 1.807) is 6.07 Å². The lowest BCUT2D eigenvalue weighted by molar-refractivity contribution is 0.0599. The van der Waals surface area contributed by atoms with Gasteiger partial charge in [0.15, 0.2) is 0 Å². The molecule has 0 saturated heterocycles. The van der Waals surface area contributed by atoms with Gasteiger partial charge in [0.2, 0.25) is 0 Å². The normalized spacial score (nSPS) is 13.2. The molecule has 0 unspecified atom stereocenters. The minimum Gasteiger partial charge on any atom is -0.491 e. The molecule has 0 fully saturated rings. The minimum atomic E-state index is -0.400. The summed E-state index contributed by atoms with van der Waals surface area (Å²) in [6.45, 7) is 0.600. The third kappa shape index (κ3) is 1.56. The summed E-state index contributed by atoms with van der Waals surface area (Å²) in [5, 5.41) is 0. The van der Waals surface area contributed by atoms with Crippen LogP contribution in [0.15, 0.2) is 10.5 Å². The van der Waals surface area contributed by atoms with Gasteiger partial charge in [-0.15, -0.1) is 0 Å². The van der Waals surface area contributed by atoms with Crippen LogP contribution in [0.2, 0.25) is 0 Å². The molecule has 0 radical (unpaired) electrons. The number of fused-ring (bicyclic) bond motifs is 1.